The Morgan fingerprint density at radius 1 is 1.17 bits per heavy atom. The van der Waals surface area contributed by atoms with Gasteiger partial charge in [-0.1, -0.05) is 53.2 Å². The van der Waals surface area contributed by atoms with Crippen LogP contribution in [0, 0.1) is 6.92 Å². The minimum Gasteiger partial charge on any atom is -0.330 e. The monoisotopic (exact) mass is 553 g/mol. The molecule has 9 heteroatoms. The lowest BCUT2D eigenvalue weighted by atomic mass is 10.1. The molecular weight excluding hydrogens is 526 g/mol. The molecule has 35 heavy (non-hydrogen) atoms. The average molecular weight is 555 g/mol. The van der Waals surface area contributed by atoms with Crippen LogP contribution in [0.4, 0.5) is 0 Å². The van der Waals surface area contributed by atoms with E-state index >= 15 is 0 Å². The number of halogens is 1. The van der Waals surface area contributed by atoms with Crippen molar-refractivity contribution in [1.29, 1.82) is 0 Å². The van der Waals surface area contributed by atoms with Gasteiger partial charge in [0.05, 0.1) is 23.7 Å². The lowest BCUT2D eigenvalue weighted by Gasteiger charge is -2.32. The van der Waals surface area contributed by atoms with Crippen molar-refractivity contribution >= 4 is 43.6 Å². The fourth-order valence-corrected chi connectivity index (χ4v) is 5.26. The molecule has 2 aromatic heterocycles. The van der Waals surface area contributed by atoms with Crippen LogP contribution in [0.1, 0.15) is 53.2 Å². The molecule has 1 atom stereocenters. The van der Waals surface area contributed by atoms with Crippen molar-refractivity contribution in [3.63, 3.8) is 0 Å². The van der Waals surface area contributed by atoms with Gasteiger partial charge in [0.15, 0.2) is 4.83 Å². The third-order valence-electron chi connectivity index (χ3n) is 6.00. The molecule has 7 nitrogen and oxygen atoms in total. The summed E-state index contributed by atoms with van der Waals surface area (Å²) in [5.74, 6) is 0.457. The number of nitrogens with two attached hydrogens (primary N) is 1. The van der Waals surface area contributed by atoms with Crippen LogP contribution in [0.2, 0.25) is 0 Å². The van der Waals surface area contributed by atoms with E-state index in [1.54, 1.807) is 21.6 Å². The topological polar surface area (TPSA) is 94.1 Å². The molecule has 0 spiro atoms. The smallest absolute Gasteiger partial charge is 0.264 e. The number of amides is 1. The summed E-state index contributed by atoms with van der Waals surface area (Å²) in [4.78, 5) is 34.8. The van der Waals surface area contributed by atoms with Crippen molar-refractivity contribution < 1.29 is 4.79 Å². The first kappa shape index (κ1) is 25.2. The zero-order valence-electron chi connectivity index (χ0n) is 19.8. The first-order valence-electron chi connectivity index (χ1n) is 11.6. The van der Waals surface area contributed by atoms with E-state index in [9.17, 15) is 9.59 Å². The Kier molecular flexibility index (Phi) is 8.10. The Morgan fingerprint density at radius 2 is 1.89 bits per heavy atom. The number of aryl methyl sites for hydroxylation is 1. The van der Waals surface area contributed by atoms with Crippen molar-refractivity contribution in [2.45, 2.75) is 39.3 Å². The molecule has 0 aliphatic heterocycles. The summed E-state index contributed by atoms with van der Waals surface area (Å²) in [6.45, 7) is 5.12. The zero-order chi connectivity index (χ0) is 24.9. The van der Waals surface area contributed by atoms with E-state index in [4.69, 9.17) is 10.7 Å². The summed E-state index contributed by atoms with van der Waals surface area (Å²) in [5, 5.41) is 0.539. The fraction of sp³-hybridized carbons (Fsp3) is 0.308. The Balaban J connectivity index is 1.86. The number of rotatable bonds is 9. The number of hydrogen-bond acceptors (Lipinski definition) is 6. The minimum absolute atomic E-state index is 0.112. The van der Waals surface area contributed by atoms with Crippen LogP contribution in [0.25, 0.3) is 10.2 Å². The van der Waals surface area contributed by atoms with Crippen LogP contribution in [-0.4, -0.2) is 37.8 Å². The summed E-state index contributed by atoms with van der Waals surface area (Å²) >= 11 is 4.65. The Bertz CT molecular complexity index is 1370. The Morgan fingerprint density at radius 3 is 2.54 bits per heavy atom. The second kappa shape index (κ2) is 11.2. The van der Waals surface area contributed by atoms with E-state index in [1.165, 1.54) is 11.5 Å². The summed E-state index contributed by atoms with van der Waals surface area (Å²) in [5.41, 5.74) is 7.94. The summed E-state index contributed by atoms with van der Waals surface area (Å²) in [6, 6.07) is 16.7. The van der Waals surface area contributed by atoms with Crippen molar-refractivity contribution in [3.8, 4) is 0 Å². The number of carbonyl (C=O) groups excluding carboxylic acids is 1. The second-order valence-corrected chi connectivity index (χ2v) is 10.0. The van der Waals surface area contributed by atoms with E-state index in [0.29, 0.717) is 59.8 Å². The number of aromatic nitrogens is 3. The number of carbonyl (C=O) groups is 1. The van der Waals surface area contributed by atoms with Crippen molar-refractivity contribution in [2.75, 3.05) is 13.1 Å². The highest BCUT2D eigenvalue weighted by Crippen LogP contribution is 2.28. The lowest BCUT2D eigenvalue weighted by molar-refractivity contribution is 0.0656. The molecule has 1 amide bonds. The van der Waals surface area contributed by atoms with Crippen molar-refractivity contribution in [3.05, 3.63) is 92.1 Å². The maximum Gasteiger partial charge on any atom is 0.264 e. The Labute approximate surface area is 216 Å². The Hall–Kier alpha value is -2.88. The maximum atomic E-state index is 13.7. The van der Waals surface area contributed by atoms with Gasteiger partial charge in [0.25, 0.3) is 11.5 Å². The van der Waals surface area contributed by atoms with Gasteiger partial charge in [0.1, 0.15) is 5.82 Å². The number of hydrogen-bond donors (Lipinski definition) is 1. The predicted octanol–water partition coefficient (Wildman–Crippen LogP) is 4.91. The summed E-state index contributed by atoms with van der Waals surface area (Å²) in [6.07, 6.45) is 1.24. The first-order chi connectivity index (χ1) is 16.9. The van der Waals surface area contributed by atoms with Gasteiger partial charge >= 0.3 is 0 Å². The molecule has 0 saturated carbocycles. The first-order valence-corrected chi connectivity index (χ1v) is 13.2. The second-order valence-electron chi connectivity index (χ2n) is 8.37. The molecule has 0 saturated heterocycles. The van der Waals surface area contributed by atoms with E-state index in [2.05, 4.69) is 20.3 Å². The van der Waals surface area contributed by atoms with Gasteiger partial charge in [-0.15, -0.1) is 0 Å². The molecule has 2 N–H and O–H groups in total. The van der Waals surface area contributed by atoms with E-state index in [-0.39, 0.29) is 11.5 Å². The molecule has 0 aliphatic carbocycles. The van der Waals surface area contributed by atoms with Gasteiger partial charge in [0, 0.05) is 16.6 Å². The highest BCUT2D eigenvalue weighted by molar-refractivity contribution is 9.10. The van der Waals surface area contributed by atoms with Gasteiger partial charge in [-0.2, -0.15) is 4.37 Å². The third kappa shape index (κ3) is 5.37. The van der Waals surface area contributed by atoms with Crippen LogP contribution in [0.15, 0.2) is 63.9 Å². The largest absolute Gasteiger partial charge is 0.330 e. The lowest BCUT2D eigenvalue weighted by Crippen LogP contribution is -2.40. The normalized spacial score (nSPS) is 12.1. The van der Waals surface area contributed by atoms with Crippen LogP contribution < -0.4 is 11.3 Å². The molecule has 0 fully saturated rings. The minimum atomic E-state index is -0.402. The molecule has 2 aromatic carbocycles. The molecule has 4 rings (SSSR count). The van der Waals surface area contributed by atoms with Gasteiger partial charge in [-0.05, 0) is 67.7 Å². The molecule has 182 valence electrons. The van der Waals surface area contributed by atoms with Crippen LogP contribution >= 0.6 is 27.5 Å². The van der Waals surface area contributed by atoms with Gasteiger partial charge in [-0.3, -0.25) is 14.2 Å². The van der Waals surface area contributed by atoms with Gasteiger partial charge < -0.3 is 10.6 Å². The summed E-state index contributed by atoms with van der Waals surface area (Å²) in [7, 11) is 0. The third-order valence-corrected chi connectivity index (χ3v) is 7.36. The zero-order valence-corrected chi connectivity index (χ0v) is 22.2. The van der Waals surface area contributed by atoms with E-state index in [1.807, 2.05) is 56.3 Å². The molecule has 4 aromatic rings. The van der Waals surface area contributed by atoms with Gasteiger partial charge in [-0.25, -0.2) is 4.98 Å². The number of benzene rings is 2. The average Bonchev–Trinajstić information content (AvgIpc) is 3.25. The van der Waals surface area contributed by atoms with Crippen molar-refractivity contribution in [1.82, 2.24) is 18.8 Å². The highest BCUT2D eigenvalue weighted by Gasteiger charge is 2.29. The SMILES string of the molecule is CCC(c1nc2snc(C)c2c(=O)n1Cc1ccccc1)N(CCCN)C(=O)c1ccc(Br)cc1. The van der Waals surface area contributed by atoms with Crippen LogP contribution in [0.3, 0.4) is 0 Å². The maximum absolute atomic E-state index is 13.7. The van der Waals surface area contributed by atoms with Crippen LogP contribution in [0.5, 0.6) is 0 Å². The quantitative estimate of drug-likeness (QED) is 0.317. The number of nitrogens with zero attached hydrogens (tertiary/aromatic N) is 4. The van der Waals surface area contributed by atoms with Crippen LogP contribution in [-0.2, 0) is 6.54 Å². The predicted molar refractivity (Wildman–Crippen MR) is 144 cm³/mol. The molecule has 0 bridgehead atoms. The van der Waals surface area contributed by atoms with E-state index < -0.39 is 6.04 Å². The standard InChI is InChI=1S/C26H28BrN5O2S/c1-3-21(31(15-7-14-28)25(33)19-10-12-20(27)13-11-19)23-29-24-22(17(2)30-35-24)26(34)32(23)16-18-8-5-4-6-9-18/h4-6,8-13,21H,3,7,14-16,28H2,1-2H3. The molecular formula is C26H28BrN5O2S. The number of fused-ring (bicyclic) bond motifs is 1. The molecule has 0 radical (unpaired) electrons. The summed E-state index contributed by atoms with van der Waals surface area (Å²) < 4.78 is 6.99. The fourth-order valence-electron chi connectivity index (χ4n) is 4.22. The molecule has 2 heterocycles. The van der Waals surface area contributed by atoms with Gasteiger partial charge in [0.2, 0.25) is 0 Å². The molecule has 0 aliphatic rings. The highest BCUT2D eigenvalue weighted by atomic mass is 79.9. The van der Waals surface area contributed by atoms with E-state index in [0.717, 1.165) is 10.0 Å². The van der Waals surface area contributed by atoms with Crippen molar-refractivity contribution in [2.24, 2.45) is 5.73 Å². The molecule has 1 unspecified atom stereocenters.